The number of rotatable bonds is 3. The van der Waals surface area contributed by atoms with Gasteiger partial charge in [-0.3, -0.25) is 9.69 Å². The van der Waals surface area contributed by atoms with Gasteiger partial charge in [0.05, 0.1) is 6.54 Å². The maximum Gasteiger partial charge on any atom is 0.233 e. The molecule has 0 bridgehead atoms. The first-order valence-electron chi connectivity index (χ1n) is 8.29. The van der Waals surface area contributed by atoms with Crippen LogP contribution in [0.15, 0.2) is 12.1 Å². The molecule has 0 spiro atoms. The molecule has 1 N–H and O–H groups in total. The second-order valence-corrected chi connectivity index (χ2v) is 7.17. The topological polar surface area (TPSA) is 78.7 Å². The molecule has 0 unspecified atom stereocenters. The van der Waals surface area contributed by atoms with Gasteiger partial charge in [-0.05, 0) is 12.1 Å². The van der Waals surface area contributed by atoms with Crippen molar-refractivity contribution < 1.29 is 4.79 Å². The van der Waals surface area contributed by atoms with Crippen LogP contribution in [0.25, 0.3) is 5.65 Å². The van der Waals surface area contributed by atoms with Crippen molar-refractivity contribution in [3.63, 3.8) is 0 Å². The molecule has 0 saturated carbocycles. The van der Waals surface area contributed by atoms with Crippen molar-refractivity contribution in [2.45, 2.75) is 26.2 Å². The van der Waals surface area contributed by atoms with Crippen LogP contribution in [0.3, 0.4) is 0 Å². The molecular formula is C16H25N7O. The summed E-state index contributed by atoms with van der Waals surface area (Å²) >= 11 is 0. The van der Waals surface area contributed by atoms with Crippen molar-refractivity contribution in [2.24, 2.45) is 0 Å². The van der Waals surface area contributed by atoms with Crippen LogP contribution in [-0.4, -0.2) is 70.4 Å². The fourth-order valence-corrected chi connectivity index (χ4v) is 2.83. The second kappa shape index (κ2) is 6.35. The van der Waals surface area contributed by atoms with Crippen LogP contribution in [0, 0.1) is 0 Å². The van der Waals surface area contributed by atoms with Gasteiger partial charge in [0.25, 0.3) is 0 Å². The molecule has 3 rings (SSSR count). The van der Waals surface area contributed by atoms with E-state index < -0.39 is 0 Å². The average molecular weight is 331 g/mol. The first kappa shape index (κ1) is 16.6. The molecule has 1 aliphatic heterocycles. The maximum absolute atomic E-state index is 11.5. The monoisotopic (exact) mass is 331 g/mol. The third-order valence-electron chi connectivity index (χ3n) is 4.26. The molecule has 8 nitrogen and oxygen atoms in total. The van der Waals surface area contributed by atoms with Crippen LogP contribution in [0.2, 0.25) is 0 Å². The van der Waals surface area contributed by atoms with Gasteiger partial charge in [-0.15, -0.1) is 15.3 Å². The van der Waals surface area contributed by atoms with E-state index in [0.717, 1.165) is 43.5 Å². The summed E-state index contributed by atoms with van der Waals surface area (Å²) in [6.07, 6.45) is 0. The predicted octanol–water partition coefficient (Wildman–Crippen LogP) is 0.290. The van der Waals surface area contributed by atoms with Gasteiger partial charge in [0.2, 0.25) is 5.91 Å². The molecule has 1 amide bonds. The number of anilines is 1. The van der Waals surface area contributed by atoms with Crippen molar-refractivity contribution in [1.29, 1.82) is 0 Å². The molecule has 1 fully saturated rings. The molecular weight excluding hydrogens is 306 g/mol. The number of nitrogens with zero attached hydrogens (tertiary/aromatic N) is 6. The Morgan fingerprint density at radius 1 is 1.17 bits per heavy atom. The van der Waals surface area contributed by atoms with Gasteiger partial charge >= 0.3 is 0 Å². The minimum atomic E-state index is -0.114. The number of amides is 1. The van der Waals surface area contributed by atoms with Gasteiger partial charge in [-0.25, -0.2) is 0 Å². The first-order chi connectivity index (χ1) is 11.4. The molecule has 0 radical (unpaired) electrons. The van der Waals surface area contributed by atoms with Crippen LogP contribution >= 0.6 is 0 Å². The highest BCUT2D eigenvalue weighted by Crippen LogP contribution is 2.22. The van der Waals surface area contributed by atoms with Crippen molar-refractivity contribution in [3.8, 4) is 0 Å². The van der Waals surface area contributed by atoms with Crippen LogP contribution in [0.5, 0.6) is 0 Å². The Bertz CT molecular complexity index is 726. The van der Waals surface area contributed by atoms with Crippen LogP contribution in [-0.2, 0) is 10.2 Å². The van der Waals surface area contributed by atoms with E-state index in [-0.39, 0.29) is 11.3 Å². The van der Waals surface area contributed by atoms with Crippen LogP contribution in [0.1, 0.15) is 26.6 Å². The predicted molar refractivity (Wildman–Crippen MR) is 92.2 cm³/mol. The Labute approximate surface area is 141 Å². The van der Waals surface area contributed by atoms with E-state index in [1.807, 2.05) is 16.6 Å². The Morgan fingerprint density at radius 3 is 2.50 bits per heavy atom. The quantitative estimate of drug-likeness (QED) is 0.871. The highest BCUT2D eigenvalue weighted by atomic mass is 16.1. The van der Waals surface area contributed by atoms with Gasteiger partial charge in [0.1, 0.15) is 5.82 Å². The molecule has 2 aromatic heterocycles. The molecule has 0 aromatic carbocycles. The van der Waals surface area contributed by atoms with Gasteiger partial charge < -0.3 is 10.2 Å². The molecule has 0 atom stereocenters. The van der Waals surface area contributed by atoms with E-state index in [1.54, 1.807) is 7.05 Å². The van der Waals surface area contributed by atoms with Crippen molar-refractivity contribution in [3.05, 3.63) is 18.0 Å². The Morgan fingerprint density at radius 2 is 1.88 bits per heavy atom. The summed E-state index contributed by atoms with van der Waals surface area (Å²) in [6.45, 7) is 10.2. The Kier molecular flexibility index (Phi) is 4.40. The number of hydrogen-bond acceptors (Lipinski definition) is 6. The van der Waals surface area contributed by atoms with Crippen molar-refractivity contribution >= 4 is 17.4 Å². The highest BCUT2D eigenvalue weighted by Gasteiger charge is 2.24. The van der Waals surface area contributed by atoms with Gasteiger partial charge in [0.15, 0.2) is 11.5 Å². The Hall–Kier alpha value is -2.22. The zero-order chi connectivity index (χ0) is 17.3. The number of aromatic nitrogens is 4. The lowest BCUT2D eigenvalue weighted by Crippen LogP contribution is -2.49. The van der Waals surface area contributed by atoms with Gasteiger partial charge in [-0.2, -0.15) is 4.52 Å². The maximum atomic E-state index is 11.5. The molecule has 0 aliphatic carbocycles. The molecule has 130 valence electrons. The lowest BCUT2D eigenvalue weighted by molar-refractivity contribution is -0.121. The van der Waals surface area contributed by atoms with Crippen LogP contribution in [0.4, 0.5) is 5.82 Å². The average Bonchev–Trinajstić information content (AvgIpc) is 2.98. The lowest BCUT2D eigenvalue weighted by atomic mass is 9.96. The van der Waals surface area contributed by atoms with E-state index in [9.17, 15) is 4.79 Å². The summed E-state index contributed by atoms with van der Waals surface area (Å²) in [7, 11) is 1.67. The number of hydrogen-bond donors (Lipinski definition) is 1. The van der Waals surface area contributed by atoms with Gasteiger partial charge in [0, 0.05) is 38.6 Å². The smallest absolute Gasteiger partial charge is 0.233 e. The van der Waals surface area contributed by atoms with Crippen molar-refractivity contribution in [1.82, 2.24) is 30.0 Å². The number of carbonyl (C=O) groups excluding carboxylic acids is 1. The Balaban J connectivity index is 1.75. The van der Waals surface area contributed by atoms with Gasteiger partial charge in [-0.1, -0.05) is 20.8 Å². The zero-order valence-electron chi connectivity index (χ0n) is 14.8. The molecule has 24 heavy (non-hydrogen) atoms. The number of likely N-dealkylation sites (N-methyl/N-ethyl adjacent to an activating group) is 1. The fourth-order valence-electron chi connectivity index (χ4n) is 2.83. The third kappa shape index (κ3) is 3.33. The number of nitrogens with one attached hydrogen (secondary N) is 1. The SMILES string of the molecule is CNC(=O)CN1CCN(c2ccc3nnc(C(C)(C)C)n3n2)CC1. The second-order valence-electron chi connectivity index (χ2n) is 7.17. The summed E-state index contributed by atoms with van der Waals surface area (Å²) in [6, 6.07) is 3.95. The minimum Gasteiger partial charge on any atom is -0.358 e. The molecule has 1 saturated heterocycles. The number of fused-ring (bicyclic) bond motifs is 1. The highest BCUT2D eigenvalue weighted by molar-refractivity contribution is 5.77. The minimum absolute atomic E-state index is 0.0577. The summed E-state index contributed by atoms with van der Waals surface area (Å²) in [4.78, 5) is 15.9. The van der Waals surface area contributed by atoms with E-state index in [0.29, 0.717) is 6.54 Å². The molecule has 8 heteroatoms. The van der Waals surface area contributed by atoms with E-state index in [1.165, 1.54) is 0 Å². The third-order valence-corrected chi connectivity index (χ3v) is 4.26. The fraction of sp³-hybridized carbons (Fsp3) is 0.625. The first-order valence-corrected chi connectivity index (χ1v) is 8.29. The molecule has 3 heterocycles. The summed E-state index contributed by atoms with van der Waals surface area (Å²) in [5.74, 6) is 1.84. The van der Waals surface area contributed by atoms with E-state index in [4.69, 9.17) is 5.10 Å². The molecule has 2 aromatic rings. The van der Waals surface area contributed by atoms with E-state index in [2.05, 4.69) is 46.1 Å². The van der Waals surface area contributed by atoms with Crippen molar-refractivity contribution in [2.75, 3.05) is 44.7 Å². The standard InChI is InChI=1S/C16H25N7O/c1-16(2,3)15-19-18-12-5-6-13(20-23(12)15)22-9-7-21(8-10-22)11-14(24)17-4/h5-6H,7-11H2,1-4H3,(H,17,24). The normalized spacial score (nSPS) is 16.6. The largest absolute Gasteiger partial charge is 0.358 e. The lowest BCUT2D eigenvalue weighted by Gasteiger charge is -2.34. The number of piperazine rings is 1. The summed E-state index contributed by atoms with van der Waals surface area (Å²) in [5, 5.41) is 15.9. The molecule has 1 aliphatic rings. The zero-order valence-corrected chi connectivity index (χ0v) is 14.8. The summed E-state index contributed by atoms with van der Waals surface area (Å²) < 4.78 is 1.84. The number of carbonyl (C=O) groups is 1. The van der Waals surface area contributed by atoms with Crippen LogP contribution < -0.4 is 10.2 Å². The summed E-state index contributed by atoms with van der Waals surface area (Å²) in [5.41, 5.74) is 0.652. The van der Waals surface area contributed by atoms with E-state index >= 15 is 0 Å².